The first kappa shape index (κ1) is 20.5. The molecule has 158 valence electrons. The van der Waals surface area contributed by atoms with Gasteiger partial charge in [-0.15, -0.1) is 0 Å². The molecule has 0 aromatic heterocycles. The second-order valence-corrected chi connectivity index (χ2v) is 8.15. The van der Waals surface area contributed by atoms with Crippen molar-refractivity contribution in [2.45, 2.75) is 26.3 Å². The lowest BCUT2D eigenvalue weighted by Crippen LogP contribution is -2.39. The molecule has 1 N–H and O–H groups in total. The minimum Gasteiger partial charge on any atom is -0.481 e. The van der Waals surface area contributed by atoms with Crippen molar-refractivity contribution >= 4 is 28.6 Å². The normalized spacial score (nSPS) is 15.8. The van der Waals surface area contributed by atoms with E-state index in [2.05, 4.69) is 14.9 Å². The third kappa shape index (κ3) is 3.59. The summed E-state index contributed by atoms with van der Waals surface area (Å²) in [5.41, 5.74) is 1.14. The van der Waals surface area contributed by atoms with Crippen molar-refractivity contribution in [2.24, 2.45) is 13.0 Å². The number of fused-ring (bicyclic) bond motifs is 2. The Morgan fingerprint density at radius 1 is 1.20 bits per heavy atom. The van der Waals surface area contributed by atoms with Crippen LogP contribution in [0.3, 0.4) is 0 Å². The molecule has 10 heteroatoms. The predicted octanol–water partition coefficient (Wildman–Crippen LogP) is 1.35. The van der Waals surface area contributed by atoms with Gasteiger partial charge in [0.05, 0.1) is 17.0 Å². The number of rotatable bonds is 4. The highest BCUT2D eigenvalue weighted by Crippen LogP contribution is 2.26. The molecule has 3 aliphatic rings. The summed E-state index contributed by atoms with van der Waals surface area (Å²) in [6, 6.07) is 3.59. The van der Waals surface area contributed by atoms with Crippen LogP contribution in [-0.2, 0) is 18.4 Å². The number of hydrogen-bond acceptors (Lipinski definition) is 6. The Kier molecular flexibility index (Phi) is 5.33. The van der Waals surface area contributed by atoms with Crippen molar-refractivity contribution in [1.82, 2.24) is 24.0 Å². The summed E-state index contributed by atoms with van der Waals surface area (Å²) in [6.07, 6.45) is 1.21. The van der Waals surface area contributed by atoms with E-state index in [1.807, 2.05) is 17.6 Å². The Hall–Kier alpha value is -2.78. The second kappa shape index (κ2) is 7.81. The first-order valence-electron chi connectivity index (χ1n) is 9.79. The number of hydrogen-bond donors (Lipinski definition) is 1. The van der Waals surface area contributed by atoms with Crippen molar-refractivity contribution in [3.8, 4) is 11.5 Å². The monoisotopic (exact) mass is 431 g/mol. The van der Waals surface area contributed by atoms with E-state index in [4.69, 9.17) is 11.6 Å². The lowest BCUT2D eigenvalue weighted by atomic mass is 9.97. The minimum absolute atomic E-state index is 0.135. The number of aliphatic carboxylic acids is 1. The number of carbonyl (C=O) groups is 1. The number of aromatic nitrogens is 4. The van der Waals surface area contributed by atoms with Gasteiger partial charge in [-0.05, 0) is 50.6 Å². The van der Waals surface area contributed by atoms with Crippen LogP contribution in [0.25, 0.3) is 22.6 Å². The first-order chi connectivity index (χ1) is 14.3. The molecule has 4 rings (SSSR count). The summed E-state index contributed by atoms with van der Waals surface area (Å²) in [5.74, 6) is -0.815. The van der Waals surface area contributed by atoms with Crippen molar-refractivity contribution in [1.29, 1.82) is 0 Å². The van der Waals surface area contributed by atoms with Gasteiger partial charge in [-0.2, -0.15) is 4.98 Å². The molecule has 0 unspecified atom stereocenters. The number of benzene rings is 1. The highest BCUT2D eigenvalue weighted by Gasteiger charge is 2.25. The Morgan fingerprint density at radius 2 is 1.90 bits per heavy atom. The summed E-state index contributed by atoms with van der Waals surface area (Å²) in [7, 11) is 1.38. The maximum absolute atomic E-state index is 12.7. The number of carboxylic acids is 1. The third-order valence-corrected chi connectivity index (χ3v) is 6.23. The smallest absolute Gasteiger partial charge is 0.352 e. The fraction of sp³-hybridized carbons (Fsp3) is 0.450. The fourth-order valence-electron chi connectivity index (χ4n) is 3.91. The molecule has 1 aromatic rings. The van der Waals surface area contributed by atoms with E-state index in [0.29, 0.717) is 55.1 Å². The number of carboxylic acid groups (broad SMARTS) is 1. The van der Waals surface area contributed by atoms with E-state index in [9.17, 15) is 19.5 Å². The van der Waals surface area contributed by atoms with Crippen LogP contribution < -0.4 is 11.2 Å². The molecule has 0 amide bonds. The van der Waals surface area contributed by atoms with Gasteiger partial charge in [-0.25, -0.2) is 9.78 Å². The Morgan fingerprint density at radius 3 is 2.57 bits per heavy atom. The van der Waals surface area contributed by atoms with Gasteiger partial charge in [-0.1, -0.05) is 11.6 Å². The van der Waals surface area contributed by atoms with Crippen LogP contribution in [0.5, 0.6) is 0 Å². The summed E-state index contributed by atoms with van der Waals surface area (Å²) in [4.78, 5) is 46.8. The molecule has 0 spiro atoms. The molecule has 1 saturated heterocycles. The molecule has 3 aliphatic heterocycles. The van der Waals surface area contributed by atoms with E-state index in [1.54, 1.807) is 6.07 Å². The fourth-order valence-corrected chi connectivity index (χ4v) is 4.07. The molecule has 0 bridgehead atoms. The van der Waals surface area contributed by atoms with E-state index in [0.717, 1.165) is 10.1 Å². The number of halogens is 1. The molecular weight excluding hydrogens is 410 g/mol. The summed E-state index contributed by atoms with van der Waals surface area (Å²) >= 11 is 6.34. The van der Waals surface area contributed by atoms with Gasteiger partial charge < -0.3 is 14.6 Å². The highest BCUT2D eigenvalue weighted by molar-refractivity contribution is 6.32. The van der Waals surface area contributed by atoms with Crippen LogP contribution in [0.2, 0.25) is 5.02 Å². The average molecular weight is 432 g/mol. The molecule has 3 heterocycles. The van der Waals surface area contributed by atoms with Crippen molar-refractivity contribution in [2.75, 3.05) is 19.6 Å². The molecule has 0 saturated carbocycles. The zero-order chi connectivity index (χ0) is 21.6. The largest absolute Gasteiger partial charge is 0.481 e. The molecule has 9 nitrogen and oxygen atoms in total. The maximum atomic E-state index is 12.7. The van der Waals surface area contributed by atoms with E-state index in [-0.39, 0.29) is 17.4 Å². The van der Waals surface area contributed by atoms with E-state index in [1.165, 1.54) is 7.05 Å². The van der Waals surface area contributed by atoms with Gasteiger partial charge in [0.25, 0.3) is 5.56 Å². The number of aryl methyl sites for hydroxylation is 1. The standard InChI is InChI=1S/C20H22ClN5O4/c1-11-9-14-15(10-13(11)21)26(8-7-25-5-3-12(4-6-25)19(28)29)17-16(22-14)18(27)24(2)20(30)23-17/h9-10,12H,3-8H2,1-2H3,(H,28,29). The van der Waals surface area contributed by atoms with Crippen molar-refractivity contribution in [3.63, 3.8) is 0 Å². The molecule has 1 aromatic carbocycles. The molecule has 0 atom stereocenters. The van der Waals surface area contributed by atoms with Crippen LogP contribution >= 0.6 is 11.6 Å². The summed E-state index contributed by atoms with van der Waals surface area (Å²) < 4.78 is 2.76. The van der Waals surface area contributed by atoms with E-state index >= 15 is 0 Å². The van der Waals surface area contributed by atoms with Gasteiger partial charge in [0.1, 0.15) is 0 Å². The molecule has 0 aliphatic carbocycles. The maximum Gasteiger partial charge on any atom is 0.352 e. The van der Waals surface area contributed by atoms with Crippen LogP contribution in [0.15, 0.2) is 21.7 Å². The number of nitrogens with zero attached hydrogens (tertiary/aromatic N) is 5. The molecule has 0 radical (unpaired) electrons. The first-order valence-corrected chi connectivity index (χ1v) is 10.2. The number of likely N-dealkylation sites (tertiary alicyclic amines) is 1. The van der Waals surface area contributed by atoms with Gasteiger partial charge in [0, 0.05) is 25.2 Å². The van der Waals surface area contributed by atoms with Gasteiger partial charge in [-0.3, -0.25) is 14.2 Å². The summed E-state index contributed by atoms with van der Waals surface area (Å²) in [5, 5.41) is 9.74. The lowest BCUT2D eigenvalue weighted by Gasteiger charge is -2.30. The zero-order valence-corrected chi connectivity index (χ0v) is 17.5. The number of piperidine rings is 1. The van der Waals surface area contributed by atoms with Crippen LogP contribution in [0.4, 0.5) is 0 Å². The third-order valence-electron chi connectivity index (χ3n) is 5.82. The molecule has 30 heavy (non-hydrogen) atoms. The van der Waals surface area contributed by atoms with Gasteiger partial charge in [0.15, 0.2) is 11.5 Å². The topological polar surface area (TPSA) is 110 Å². The lowest BCUT2D eigenvalue weighted by molar-refractivity contribution is -0.143. The van der Waals surface area contributed by atoms with Gasteiger partial charge >= 0.3 is 11.7 Å². The molecular formula is C20H22ClN5O4. The van der Waals surface area contributed by atoms with Crippen molar-refractivity contribution in [3.05, 3.63) is 43.6 Å². The van der Waals surface area contributed by atoms with Crippen molar-refractivity contribution < 1.29 is 9.90 Å². The Labute approximate surface area is 176 Å². The average Bonchev–Trinajstić information content (AvgIpc) is 2.72. The minimum atomic E-state index is -0.747. The second-order valence-electron chi connectivity index (χ2n) is 7.74. The highest BCUT2D eigenvalue weighted by atomic mass is 35.5. The van der Waals surface area contributed by atoms with Crippen LogP contribution in [0.1, 0.15) is 18.4 Å². The molecule has 1 fully saturated rings. The van der Waals surface area contributed by atoms with E-state index < -0.39 is 17.2 Å². The zero-order valence-electron chi connectivity index (χ0n) is 16.8. The van der Waals surface area contributed by atoms with Gasteiger partial charge in [0.2, 0.25) is 0 Å². The Balaban J connectivity index is 1.76. The Bertz CT molecular complexity index is 1230. The predicted molar refractivity (Wildman–Crippen MR) is 112 cm³/mol. The van der Waals surface area contributed by atoms with Crippen LogP contribution in [0, 0.1) is 12.8 Å². The van der Waals surface area contributed by atoms with Crippen LogP contribution in [-0.4, -0.2) is 54.7 Å². The SMILES string of the molecule is Cc1cc2nc3c(=O)n(C)c(=O)nc-3n(CCN3CCC(C(=O)O)CC3)c2cc1Cl. The quantitative estimate of drug-likeness (QED) is 0.621. The summed E-state index contributed by atoms with van der Waals surface area (Å²) in [6.45, 7) is 4.32.